The van der Waals surface area contributed by atoms with Gasteiger partial charge in [0.1, 0.15) is 23.0 Å². The Hall–Kier alpha value is -3.92. The van der Waals surface area contributed by atoms with Crippen LogP contribution >= 0.6 is 0 Å². The van der Waals surface area contributed by atoms with Crippen LogP contribution in [0.25, 0.3) is 0 Å². The van der Waals surface area contributed by atoms with Crippen molar-refractivity contribution in [3.05, 3.63) is 106 Å². The zero-order valence-electron chi connectivity index (χ0n) is 37.0. The van der Waals surface area contributed by atoms with E-state index in [4.69, 9.17) is 20.9 Å². The Balaban J connectivity index is 1.09. The number of nitrogen functional groups attached to an aromatic ring is 2. The topological polar surface area (TPSA) is 70.5 Å². The summed E-state index contributed by atoms with van der Waals surface area (Å²) in [6.07, 6.45) is 29.4. The van der Waals surface area contributed by atoms with Crippen LogP contribution < -0.4 is 20.9 Å². The molecule has 0 unspecified atom stereocenters. The van der Waals surface area contributed by atoms with E-state index in [2.05, 4.69) is 58.9 Å². The fourth-order valence-electron chi connectivity index (χ4n) is 10.7. The van der Waals surface area contributed by atoms with Gasteiger partial charge in [0, 0.05) is 16.8 Å². The van der Waals surface area contributed by atoms with Crippen LogP contribution in [-0.2, 0) is 5.41 Å². The minimum absolute atomic E-state index is 0.0627. The van der Waals surface area contributed by atoms with E-state index in [0.717, 1.165) is 52.1 Å². The van der Waals surface area contributed by atoms with Crippen molar-refractivity contribution in [3.8, 4) is 23.0 Å². The molecule has 4 heteroatoms. The lowest BCUT2D eigenvalue weighted by atomic mass is 9.59. The summed E-state index contributed by atoms with van der Waals surface area (Å²) in [5, 5.41) is 0. The molecule has 0 amide bonds. The highest BCUT2D eigenvalue weighted by molar-refractivity contribution is 5.55. The largest absolute Gasteiger partial charge is 0.457 e. The first-order valence-electron chi connectivity index (χ1n) is 23.5. The van der Waals surface area contributed by atoms with Gasteiger partial charge in [-0.3, -0.25) is 0 Å². The van der Waals surface area contributed by atoms with Crippen LogP contribution in [0.2, 0.25) is 0 Å². The molecule has 4 nitrogen and oxygen atoms in total. The summed E-state index contributed by atoms with van der Waals surface area (Å²) < 4.78 is 13.0. The third kappa shape index (κ3) is 11.6. The third-order valence-corrected chi connectivity index (χ3v) is 14.1. The van der Waals surface area contributed by atoms with Gasteiger partial charge in [-0.15, -0.1) is 0 Å². The van der Waals surface area contributed by atoms with Crippen molar-refractivity contribution in [2.75, 3.05) is 11.5 Å². The molecule has 314 valence electrons. The summed E-state index contributed by atoms with van der Waals surface area (Å²) in [4.78, 5) is 0. The minimum Gasteiger partial charge on any atom is -0.457 e. The van der Waals surface area contributed by atoms with Crippen LogP contribution in [0, 0.1) is 45.4 Å². The number of benzene rings is 4. The molecule has 2 aliphatic rings. The van der Waals surface area contributed by atoms with Gasteiger partial charge in [0.25, 0.3) is 0 Å². The molecule has 0 aliphatic heterocycles. The highest BCUT2D eigenvalue weighted by Gasteiger charge is 2.42. The molecule has 58 heavy (non-hydrogen) atoms. The van der Waals surface area contributed by atoms with E-state index >= 15 is 0 Å². The van der Waals surface area contributed by atoms with E-state index in [-0.39, 0.29) is 5.41 Å². The standard InChI is InChI=1S/C54H76N2O2/c1-6-7-8-9-10-11-12-13-14-15-16-17-18-43-19-21-44(22-20-43)45-31-33-54(34-32-45,46-35-39(2)52(40(3)36-46)57-50-27-23-48(55)24-28-50)47-37-41(4)53(42(5)38-47)58-51-29-25-49(56)26-30-51/h23-30,35-38,43-45H,6-22,31-34,55-56H2,1-5H3/t43-,44-. The second-order valence-corrected chi connectivity index (χ2v) is 18.6. The Morgan fingerprint density at radius 3 is 1.24 bits per heavy atom. The normalized spacial score (nSPS) is 18.3. The predicted octanol–water partition coefficient (Wildman–Crippen LogP) is 16.0. The van der Waals surface area contributed by atoms with E-state index in [1.807, 2.05) is 48.5 Å². The Morgan fingerprint density at radius 1 is 0.483 bits per heavy atom. The first-order chi connectivity index (χ1) is 28.1. The quantitative estimate of drug-likeness (QED) is 0.0692. The maximum atomic E-state index is 6.49. The van der Waals surface area contributed by atoms with Crippen molar-refractivity contribution in [1.82, 2.24) is 0 Å². The van der Waals surface area contributed by atoms with Gasteiger partial charge in [-0.1, -0.05) is 128 Å². The van der Waals surface area contributed by atoms with E-state index in [9.17, 15) is 0 Å². The van der Waals surface area contributed by atoms with Crippen molar-refractivity contribution in [2.24, 2.45) is 17.8 Å². The van der Waals surface area contributed by atoms with E-state index in [0.29, 0.717) is 0 Å². The molecule has 0 radical (unpaired) electrons. The average molecular weight is 785 g/mol. The number of unbranched alkanes of at least 4 members (excludes halogenated alkanes) is 11. The lowest BCUT2D eigenvalue weighted by Crippen LogP contribution is -2.36. The van der Waals surface area contributed by atoms with Gasteiger partial charge < -0.3 is 20.9 Å². The second kappa shape index (κ2) is 21.4. The van der Waals surface area contributed by atoms with Gasteiger partial charge in [-0.05, 0) is 166 Å². The second-order valence-electron chi connectivity index (χ2n) is 18.6. The molecule has 4 N–H and O–H groups in total. The smallest absolute Gasteiger partial charge is 0.133 e. The summed E-state index contributed by atoms with van der Waals surface area (Å²) in [6, 6.07) is 25.1. The molecular weight excluding hydrogens is 709 g/mol. The van der Waals surface area contributed by atoms with Gasteiger partial charge in [-0.25, -0.2) is 0 Å². The summed E-state index contributed by atoms with van der Waals surface area (Å²) >= 11 is 0. The Bertz CT molecular complexity index is 1690. The number of anilines is 2. The average Bonchev–Trinajstić information content (AvgIpc) is 3.22. The van der Waals surface area contributed by atoms with Crippen LogP contribution in [0.1, 0.15) is 175 Å². The van der Waals surface area contributed by atoms with Crippen molar-refractivity contribution >= 4 is 11.4 Å². The lowest BCUT2D eigenvalue weighted by Gasteiger charge is -2.45. The van der Waals surface area contributed by atoms with E-state index in [1.54, 1.807) is 0 Å². The molecule has 0 bridgehead atoms. The molecule has 0 heterocycles. The fourth-order valence-corrected chi connectivity index (χ4v) is 10.7. The van der Waals surface area contributed by atoms with Crippen LogP contribution in [0.15, 0.2) is 72.8 Å². The number of nitrogens with two attached hydrogens (primary N) is 2. The Labute approximate surface area is 352 Å². The number of rotatable bonds is 20. The van der Waals surface area contributed by atoms with Gasteiger partial charge >= 0.3 is 0 Å². The number of hydrogen-bond donors (Lipinski definition) is 2. The third-order valence-electron chi connectivity index (χ3n) is 14.1. The van der Waals surface area contributed by atoms with Gasteiger partial charge in [0.2, 0.25) is 0 Å². The maximum absolute atomic E-state index is 6.49. The molecule has 0 saturated heterocycles. The number of ether oxygens (including phenoxy) is 2. The van der Waals surface area contributed by atoms with Crippen molar-refractivity contribution in [3.63, 3.8) is 0 Å². The van der Waals surface area contributed by atoms with Crippen LogP contribution in [0.5, 0.6) is 23.0 Å². The zero-order chi connectivity index (χ0) is 40.9. The van der Waals surface area contributed by atoms with Crippen molar-refractivity contribution < 1.29 is 9.47 Å². The molecule has 4 aromatic rings. The minimum atomic E-state index is -0.0627. The highest BCUT2D eigenvalue weighted by atomic mass is 16.5. The zero-order valence-corrected chi connectivity index (χ0v) is 37.0. The Morgan fingerprint density at radius 2 is 0.845 bits per heavy atom. The molecule has 0 atom stereocenters. The summed E-state index contributed by atoms with van der Waals surface area (Å²) in [7, 11) is 0. The summed E-state index contributed by atoms with van der Waals surface area (Å²) in [6.45, 7) is 11.1. The molecule has 2 fully saturated rings. The number of aryl methyl sites for hydroxylation is 4. The maximum Gasteiger partial charge on any atom is 0.133 e. The van der Waals surface area contributed by atoms with Gasteiger partial charge in [0.15, 0.2) is 0 Å². The van der Waals surface area contributed by atoms with Crippen LogP contribution in [0.4, 0.5) is 11.4 Å². The van der Waals surface area contributed by atoms with Gasteiger partial charge in [-0.2, -0.15) is 0 Å². The first kappa shape index (κ1) is 43.7. The monoisotopic (exact) mass is 785 g/mol. The predicted molar refractivity (Wildman–Crippen MR) is 248 cm³/mol. The van der Waals surface area contributed by atoms with E-state index in [1.165, 1.54) is 168 Å². The van der Waals surface area contributed by atoms with Crippen molar-refractivity contribution in [1.29, 1.82) is 0 Å². The van der Waals surface area contributed by atoms with Crippen molar-refractivity contribution in [2.45, 2.75) is 175 Å². The molecular formula is C54H76N2O2. The molecule has 0 aromatic heterocycles. The first-order valence-corrected chi connectivity index (χ1v) is 23.5. The molecule has 2 saturated carbocycles. The highest BCUT2D eigenvalue weighted by Crippen LogP contribution is 2.52. The molecule has 0 spiro atoms. The van der Waals surface area contributed by atoms with Gasteiger partial charge in [0.05, 0.1) is 0 Å². The fraction of sp³-hybridized carbons (Fsp3) is 0.556. The summed E-state index contributed by atoms with van der Waals surface area (Å²) in [5.74, 6) is 6.18. The molecule has 4 aromatic carbocycles. The SMILES string of the molecule is CCCCCCCCCCCCCC[C@H]1CC[C@H](C2CCC(c3cc(C)c(Oc4ccc(N)cc4)c(C)c3)(c3cc(C)c(Oc4ccc(N)cc4)c(C)c3)CC2)CC1. The molecule has 2 aliphatic carbocycles. The van der Waals surface area contributed by atoms with Crippen LogP contribution in [0.3, 0.4) is 0 Å². The van der Waals surface area contributed by atoms with E-state index < -0.39 is 0 Å². The number of hydrogen-bond acceptors (Lipinski definition) is 4. The lowest BCUT2D eigenvalue weighted by molar-refractivity contribution is 0.140. The van der Waals surface area contributed by atoms with Crippen LogP contribution in [-0.4, -0.2) is 0 Å². The Kier molecular flexibility index (Phi) is 16.1. The molecule has 6 rings (SSSR count). The summed E-state index contributed by atoms with van der Waals surface area (Å²) in [5.41, 5.74) is 20.9.